The summed E-state index contributed by atoms with van der Waals surface area (Å²) in [5.74, 6) is 0.611. The van der Waals surface area contributed by atoms with Crippen molar-refractivity contribution in [3.05, 3.63) is 29.8 Å². The first-order chi connectivity index (χ1) is 10.2. The van der Waals surface area contributed by atoms with E-state index in [9.17, 15) is 4.79 Å². The van der Waals surface area contributed by atoms with Gasteiger partial charge in [0.2, 0.25) is 0 Å². The lowest BCUT2D eigenvalue weighted by atomic mass is 10.2. The van der Waals surface area contributed by atoms with Crippen LogP contribution in [0.25, 0.3) is 0 Å². The van der Waals surface area contributed by atoms with Crippen LogP contribution in [-0.4, -0.2) is 56.9 Å². The van der Waals surface area contributed by atoms with E-state index in [1.54, 1.807) is 0 Å². The third-order valence-electron chi connectivity index (χ3n) is 3.49. The highest BCUT2D eigenvalue weighted by Crippen LogP contribution is 2.13. The number of methoxy groups -OCH3 is 1. The van der Waals surface area contributed by atoms with E-state index in [2.05, 4.69) is 4.90 Å². The monoisotopic (exact) mass is 293 g/mol. The van der Waals surface area contributed by atoms with Crippen molar-refractivity contribution in [1.29, 1.82) is 0 Å². The van der Waals surface area contributed by atoms with Crippen LogP contribution in [0.1, 0.15) is 12.0 Å². The Morgan fingerprint density at radius 2 is 2.33 bits per heavy atom. The van der Waals surface area contributed by atoms with Crippen LogP contribution in [0.2, 0.25) is 0 Å². The fourth-order valence-electron chi connectivity index (χ4n) is 2.36. The maximum Gasteiger partial charge on any atom is 0.336 e. The zero-order valence-electron chi connectivity index (χ0n) is 12.7. The van der Waals surface area contributed by atoms with Crippen LogP contribution >= 0.6 is 0 Å². The van der Waals surface area contributed by atoms with Crippen molar-refractivity contribution in [2.45, 2.75) is 19.4 Å². The van der Waals surface area contributed by atoms with Gasteiger partial charge in [-0.1, -0.05) is 12.1 Å². The number of carbonyl (C=O) groups excluding carboxylic acids is 1. The van der Waals surface area contributed by atoms with Crippen LogP contribution in [0, 0.1) is 6.92 Å². The van der Waals surface area contributed by atoms with Crippen molar-refractivity contribution >= 4 is 5.97 Å². The molecule has 0 aliphatic carbocycles. The molecule has 116 valence electrons. The van der Waals surface area contributed by atoms with Gasteiger partial charge in [0.15, 0.2) is 6.10 Å². The molecular weight excluding hydrogens is 270 g/mol. The maximum atomic E-state index is 11.5. The molecule has 0 amide bonds. The molecule has 5 heteroatoms. The van der Waals surface area contributed by atoms with E-state index in [0.717, 1.165) is 25.3 Å². The van der Waals surface area contributed by atoms with Gasteiger partial charge in [-0.2, -0.15) is 0 Å². The maximum absolute atomic E-state index is 11.5. The molecule has 1 aliphatic heterocycles. The molecule has 1 aromatic carbocycles. The molecule has 1 unspecified atom stereocenters. The van der Waals surface area contributed by atoms with Crippen LogP contribution < -0.4 is 4.74 Å². The highest BCUT2D eigenvalue weighted by atomic mass is 16.6. The van der Waals surface area contributed by atoms with Crippen molar-refractivity contribution in [2.75, 3.05) is 40.0 Å². The summed E-state index contributed by atoms with van der Waals surface area (Å²) in [5, 5.41) is 0. The average molecular weight is 293 g/mol. The van der Waals surface area contributed by atoms with Gasteiger partial charge < -0.3 is 14.2 Å². The summed E-state index contributed by atoms with van der Waals surface area (Å²) in [6.45, 7) is 5.62. The molecule has 1 saturated heterocycles. The Morgan fingerprint density at radius 3 is 3.10 bits per heavy atom. The second kappa shape index (κ2) is 8.00. The van der Waals surface area contributed by atoms with E-state index >= 15 is 0 Å². The molecule has 0 bridgehead atoms. The molecule has 1 aliphatic rings. The first kappa shape index (κ1) is 15.8. The number of aryl methyl sites for hydroxylation is 1. The summed E-state index contributed by atoms with van der Waals surface area (Å²) in [4.78, 5) is 13.7. The van der Waals surface area contributed by atoms with Crippen LogP contribution in [-0.2, 0) is 14.3 Å². The van der Waals surface area contributed by atoms with Crippen molar-refractivity contribution in [1.82, 2.24) is 4.90 Å². The predicted octanol–water partition coefficient (Wildman–Crippen LogP) is 1.64. The Balaban J connectivity index is 1.67. The Hall–Kier alpha value is -1.59. The van der Waals surface area contributed by atoms with Crippen molar-refractivity contribution < 1.29 is 19.0 Å². The van der Waals surface area contributed by atoms with E-state index in [0.29, 0.717) is 19.8 Å². The number of rotatable bonds is 6. The van der Waals surface area contributed by atoms with Gasteiger partial charge >= 0.3 is 5.97 Å². The van der Waals surface area contributed by atoms with Crippen LogP contribution in [0.4, 0.5) is 0 Å². The van der Waals surface area contributed by atoms with Crippen molar-refractivity contribution in [2.24, 2.45) is 0 Å². The van der Waals surface area contributed by atoms with Crippen molar-refractivity contribution in [3.8, 4) is 5.75 Å². The Labute approximate surface area is 125 Å². The molecule has 1 fully saturated rings. The predicted molar refractivity (Wildman–Crippen MR) is 79.5 cm³/mol. The summed E-state index contributed by atoms with van der Waals surface area (Å²) in [5.41, 5.74) is 1.20. The summed E-state index contributed by atoms with van der Waals surface area (Å²) >= 11 is 0. The molecular formula is C16H23NO4. The minimum atomic E-state index is -0.457. The molecule has 0 spiro atoms. The zero-order valence-corrected chi connectivity index (χ0v) is 12.7. The second-order valence-corrected chi connectivity index (χ2v) is 5.20. The molecule has 1 aromatic rings. The normalized spacial score (nSPS) is 19.2. The summed E-state index contributed by atoms with van der Waals surface area (Å²) in [6, 6.07) is 8.04. The number of carbonyl (C=O) groups is 1. The fourth-order valence-corrected chi connectivity index (χ4v) is 2.36. The van der Waals surface area contributed by atoms with Crippen LogP contribution in [0.15, 0.2) is 24.3 Å². The van der Waals surface area contributed by atoms with E-state index < -0.39 is 6.10 Å². The summed E-state index contributed by atoms with van der Waals surface area (Å²) in [7, 11) is 1.39. The first-order valence-corrected chi connectivity index (χ1v) is 7.30. The third-order valence-corrected chi connectivity index (χ3v) is 3.49. The number of morpholine rings is 1. The number of hydrogen-bond donors (Lipinski definition) is 0. The second-order valence-electron chi connectivity index (χ2n) is 5.20. The van der Waals surface area contributed by atoms with E-state index in [4.69, 9.17) is 14.2 Å². The van der Waals surface area contributed by atoms with Gasteiger partial charge in [-0.15, -0.1) is 0 Å². The SMILES string of the molecule is COC(=O)C1CN(CCCOc2cccc(C)c2)CCO1. The average Bonchev–Trinajstić information content (AvgIpc) is 2.51. The molecule has 0 saturated carbocycles. The summed E-state index contributed by atoms with van der Waals surface area (Å²) in [6.07, 6.45) is 0.461. The molecule has 21 heavy (non-hydrogen) atoms. The van der Waals surface area contributed by atoms with Gasteiger partial charge in [-0.05, 0) is 31.0 Å². The fraction of sp³-hybridized carbons (Fsp3) is 0.562. The van der Waals surface area contributed by atoms with Gasteiger partial charge in [0.05, 0.1) is 20.3 Å². The molecule has 0 N–H and O–H groups in total. The third kappa shape index (κ3) is 5.02. The molecule has 0 aromatic heterocycles. The van der Waals surface area contributed by atoms with E-state index in [1.807, 2.05) is 31.2 Å². The molecule has 2 rings (SSSR count). The van der Waals surface area contributed by atoms with Crippen LogP contribution in [0.3, 0.4) is 0 Å². The Kier molecular flexibility index (Phi) is 6.02. The number of benzene rings is 1. The molecule has 5 nitrogen and oxygen atoms in total. The number of hydrogen-bond acceptors (Lipinski definition) is 5. The number of ether oxygens (including phenoxy) is 3. The van der Waals surface area contributed by atoms with E-state index in [1.165, 1.54) is 12.7 Å². The molecule has 1 atom stereocenters. The minimum absolute atomic E-state index is 0.296. The van der Waals surface area contributed by atoms with Gasteiger partial charge in [0.25, 0.3) is 0 Å². The topological polar surface area (TPSA) is 48.0 Å². The number of nitrogens with zero attached hydrogens (tertiary/aromatic N) is 1. The van der Waals surface area contributed by atoms with Gasteiger partial charge in [-0.25, -0.2) is 4.79 Å². The van der Waals surface area contributed by atoms with E-state index in [-0.39, 0.29) is 5.97 Å². The van der Waals surface area contributed by atoms with Gasteiger partial charge in [0.1, 0.15) is 5.75 Å². The lowest BCUT2D eigenvalue weighted by Crippen LogP contribution is -2.46. The highest BCUT2D eigenvalue weighted by Gasteiger charge is 2.26. The highest BCUT2D eigenvalue weighted by molar-refractivity contribution is 5.74. The van der Waals surface area contributed by atoms with Gasteiger partial charge in [-0.3, -0.25) is 4.90 Å². The standard InChI is InChI=1S/C16H23NO4/c1-13-5-3-6-14(11-13)20-9-4-7-17-8-10-21-15(12-17)16(18)19-2/h3,5-6,11,15H,4,7-10,12H2,1-2H3. The van der Waals surface area contributed by atoms with Gasteiger partial charge in [0, 0.05) is 19.6 Å². The quantitative estimate of drug-likeness (QED) is 0.589. The Bertz CT molecular complexity index is 463. The number of esters is 1. The first-order valence-electron chi connectivity index (χ1n) is 7.30. The summed E-state index contributed by atoms with van der Waals surface area (Å²) < 4.78 is 15.8. The smallest absolute Gasteiger partial charge is 0.336 e. The largest absolute Gasteiger partial charge is 0.494 e. The minimum Gasteiger partial charge on any atom is -0.494 e. The lowest BCUT2D eigenvalue weighted by molar-refractivity contribution is -0.159. The molecule has 0 radical (unpaired) electrons. The lowest BCUT2D eigenvalue weighted by Gasteiger charge is -2.31. The zero-order chi connectivity index (χ0) is 15.1. The Morgan fingerprint density at radius 1 is 1.48 bits per heavy atom. The molecule has 1 heterocycles. The van der Waals surface area contributed by atoms with Crippen molar-refractivity contribution in [3.63, 3.8) is 0 Å². The van der Waals surface area contributed by atoms with Crippen LogP contribution in [0.5, 0.6) is 5.75 Å².